The zero-order valence-corrected chi connectivity index (χ0v) is 11.5. The highest BCUT2D eigenvalue weighted by atomic mass is 16.6. The van der Waals surface area contributed by atoms with Gasteiger partial charge in [0.1, 0.15) is 18.6 Å². The molecule has 0 spiro atoms. The standard InChI is InChI=1S/C11H15N5O5/c1-5(17)20-3-7(21-6(2)18)11(19)16-8-9(12)14-4-15-10(8)13/h4,7H,3H2,1-2H3,(H,16,19)(H4,12,13,14,15). The maximum Gasteiger partial charge on any atom is 0.303 e. The lowest BCUT2D eigenvalue weighted by molar-refractivity contribution is -0.160. The largest absolute Gasteiger partial charge is 0.461 e. The van der Waals surface area contributed by atoms with Crippen molar-refractivity contribution in [2.75, 3.05) is 23.4 Å². The molecule has 0 aromatic carbocycles. The fourth-order valence-electron chi connectivity index (χ4n) is 1.30. The summed E-state index contributed by atoms with van der Waals surface area (Å²) >= 11 is 0. The van der Waals surface area contributed by atoms with E-state index in [9.17, 15) is 14.4 Å². The Kier molecular flexibility index (Phi) is 5.40. The molecule has 0 saturated carbocycles. The normalized spacial score (nSPS) is 11.3. The van der Waals surface area contributed by atoms with Crippen LogP contribution < -0.4 is 16.8 Å². The first-order chi connectivity index (χ1) is 9.81. The number of aromatic nitrogens is 2. The van der Waals surface area contributed by atoms with Crippen molar-refractivity contribution < 1.29 is 23.9 Å². The van der Waals surface area contributed by atoms with Crippen LogP contribution >= 0.6 is 0 Å². The van der Waals surface area contributed by atoms with Crippen LogP contribution in [-0.4, -0.2) is 40.5 Å². The SMILES string of the molecule is CC(=O)OCC(OC(C)=O)C(=O)Nc1c(N)ncnc1N. The summed E-state index contributed by atoms with van der Waals surface area (Å²) in [5.41, 5.74) is 11.1. The Hall–Kier alpha value is -2.91. The average Bonchev–Trinajstić information content (AvgIpc) is 2.38. The second kappa shape index (κ2) is 7.03. The van der Waals surface area contributed by atoms with Crippen LogP contribution in [0.3, 0.4) is 0 Å². The van der Waals surface area contributed by atoms with E-state index >= 15 is 0 Å². The molecule has 0 fully saturated rings. The fourth-order valence-corrected chi connectivity index (χ4v) is 1.30. The first-order valence-electron chi connectivity index (χ1n) is 5.78. The molecule has 1 unspecified atom stereocenters. The number of hydrogen-bond acceptors (Lipinski definition) is 9. The molecule has 1 aromatic heterocycles. The second-order valence-corrected chi connectivity index (χ2v) is 3.91. The van der Waals surface area contributed by atoms with Crippen LogP contribution in [0, 0.1) is 0 Å². The smallest absolute Gasteiger partial charge is 0.303 e. The van der Waals surface area contributed by atoms with Crippen molar-refractivity contribution in [1.29, 1.82) is 0 Å². The van der Waals surface area contributed by atoms with Gasteiger partial charge < -0.3 is 26.3 Å². The lowest BCUT2D eigenvalue weighted by atomic mass is 10.3. The monoisotopic (exact) mass is 297 g/mol. The molecule has 1 amide bonds. The molecule has 5 N–H and O–H groups in total. The number of anilines is 3. The van der Waals surface area contributed by atoms with Crippen LogP contribution in [-0.2, 0) is 23.9 Å². The number of esters is 2. The predicted molar refractivity (Wildman–Crippen MR) is 71.7 cm³/mol. The minimum atomic E-state index is -1.34. The quantitative estimate of drug-likeness (QED) is 0.583. The Morgan fingerprint density at radius 3 is 2.24 bits per heavy atom. The Morgan fingerprint density at radius 1 is 1.19 bits per heavy atom. The van der Waals surface area contributed by atoms with E-state index in [1.54, 1.807) is 0 Å². The number of ether oxygens (including phenoxy) is 2. The first-order valence-corrected chi connectivity index (χ1v) is 5.78. The van der Waals surface area contributed by atoms with E-state index in [0.29, 0.717) is 0 Å². The van der Waals surface area contributed by atoms with Crippen molar-refractivity contribution in [3.05, 3.63) is 6.33 Å². The zero-order chi connectivity index (χ0) is 16.0. The Bertz CT molecular complexity index is 542. The summed E-state index contributed by atoms with van der Waals surface area (Å²) in [6.45, 7) is 1.83. The fraction of sp³-hybridized carbons (Fsp3) is 0.364. The third-order valence-corrected chi connectivity index (χ3v) is 2.19. The van der Waals surface area contributed by atoms with E-state index in [2.05, 4.69) is 20.0 Å². The lowest BCUT2D eigenvalue weighted by Crippen LogP contribution is -2.36. The van der Waals surface area contributed by atoms with E-state index in [1.807, 2.05) is 0 Å². The van der Waals surface area contributed by atoms with Gasteiger partial charge in [-0.3, -0.25) is 14.4 Å². The highest BCUT2D eigenvalue weighted by Gasteiger charge is 2.25. The number of nitrogens with zero attached hydrogens (tertiary/aromatic N) is 2. The first kappa shape index (κ1) is 16.1. The van der Waals surface area contributed by atoms with Crippen molar-refractivity contribution in [2.24, 2.45) is 0 Å². The number of carbonyl (C=O) groups excluding carboxylic acids is 3. The lowest BCUT2D eigenvalue weighted by Gasteiger charge is -2.17. The molecule has 0 bridgehead atoms. The van der Waals surface area contributed by atoms with E-state index < -0.39 is 30.6 Å². The van der Waals surface area contributed by atoms with Gasteiger partial charge in [0.2, 0.25) is 6.10 Å². The van der Waals surface area contributed by atoms with Crippen molar-refractivity contribution in [2.45, 2.75) is 20.0 Å². The van der Waals surface area contributed by atoms with Gasteiger partial charge in [0.25, 0.3) is 5.91 Å². The average molecular weight is 297 g/mol. The molecule has 0 aliphatic heterocycles. The molecule has 1 rings (SSSR count). The van der Waals surface area contributed by atoms with Crippen LogP contribution in [0.15, 0.2) is 6.33 Å². The second-order valence-electron chi connectivity index (χ2n) is 3.91. The summed E-state index contributed by atoms with van der Waals surface area (Å²) in [4.78, 5) is 41.1. The van der Waals surface area contributed by atoms with Crippen molar-refractivity contribution in [1.82, 2.24) is 9.97 Å². The van der Waals surface area contributed by atoms with Gasteiger partial charge in [0.05, 0.1) is 0 Å². The molecule has 0 aliphatic rings. The van der Waals surface area contributed by atoms with Gasteiger partial charge in [-0.25, -0.2) is 9.97 Å². The summed E-state index contributed by atoms with van der Waals surface area (Å²) in [6.07, 6.45) is -0.215. The van der Waals surface area contributed by atoms with Gasteiger partial charge in [-0.05, 0) is 0 Å². The van der Waals surface area contributed by atoms with E-state index in [0.717, 1.165) is 20.2 Å². The molecule has 1 atom stereocenters. The Labute approximate surface area is 119 Å². The van der Waals surface area contributed by atoms with Gasteiger partial charge in [-0.1, -0.05) is 0 Å². The summed E-state index contributed by atoms with van der Waals surface area (Å²) < 4.78 is 9.42. The number of nitrogen functional groups attached to an aromatic ring is 2. The number of nitrogens with one attached hydrogen (secondary N) is 1. The summed E-state index contributed by atoms with van der Waals surface area (Å²) in [6, 6.07) is 0. The maximum absolute atomic E-state index is 12.0. The van der Waals surface area contributed by atoms with Gasteiger partial charge in [-0.2, -0.15) is 0 Å². The van der Waals surface area contributed by atoms with Gasteiger partial charge in [0.15, 0.2) is 11.6 Å². The third-order valence-electron chi connectivity index (χ3n) is 2.19. The van der Waals surface area contributed by atoms with Crippen molar-refractivity contribution in [3.8, 4) is 0 Å². The molecule has 0 aliphatic carbocycles. The van der Waals surface area contributed by atoms with Crippen LogP contribution in [0.25, 0.3) is 0 Å². The van der Waals surface area contributed by atoms with Gasteiger partial charge in [-0.15, -0.1) is 0 Å². The molecule has 0 saturated heterocycles. The minimum Gasteiger partial charge on any atom is -0.461 e. The molecule has 10 nitrogen and oxygen atoms in total. The van der Waals surface area contributed by atoms with E-state index in [-0.39, 0.29) is 17.3 Å². The number of carbonyl (C=O) groups is 3. The van der Waals surface area contributed by atoms with Gasteiger partial charge >= 0.3 is 11.9 Å². The van der Waals surface area contributed by atoms with Crippen LogP contribution in [0.2, 0.25) is 0 Å². The van der Waals surface area contributed by atoms with Crippen molar-refractivity contribution in [3.63, 3.8) is 0 Å². The topological polar surface area (TPSA) is 160 Å². The number of amides is 1. The van der Waals surface area contributed by atoms with E-state index in [4.69, 9.17) is 16.2 Å². The molecule has 1 heterocycles. The highest BCUT2D eigenvalue weighted by Crippen LogP contribution is 2.21. The molecular weight excluding hydrogens is 282 g/mol. The number of nitrogens with two attached hydrogens (primary N) is 2. The number of hydrogen-bond donors (Lipinski definition) is 3. The molecule has 114 valence electrons. The predicted octanol–water partition coefficient (Wildman–Crippen LogP) is -0.926. The van der Waals surface area contributed by atoms with Crippen molar-refractivity contribution >= 4 is 35.2 Å². The van der Waals surface area contributed by atoms with Crippen LogP contribution in [0.4, 0.5) is 17.3 Å². The Morgan fingerprint density at radius 2 is 1.76 bits per heavy atom. The van der Waals surface area contributed by atoms with E-state index in [1.165, 1.54) is 0 Å². The summed E-state index contributed by atoms with van der Waals surface area (Å²) in [5, 5.41) is 2.33. The Balaban J connectivity index is 2.84. The molecule has 1 aromatic rings. The molecule has 10 heteroatoms. The number of rotatable bonds is 5. The van der Waals surface area contributed by atoms with Crippen LogP contribution in [0.1, 0.15) is 13.8 Å². The van der Waals surface area contributed by atoms with Gasteiger partial charge in [0, 0.05) is 13.8 Å². The summed E-state index contributed by atoms with van der Waals surface area (Å²) in [7, 11) is 0. The zero-order valence-electron chi connectivity index (χ0n) is 11.5. The molecule has 0 radical (unpaired) electrons. The third kappa shape index (κ3) is 4.93. The summed E-state index contributed by atoms with van der Waals surface area (Å²) in [5.74, 6) is -2.22. The molecule has 21 heavy (non-hydrogen) atoms. The highest BCUT2D eigenvalue weighted by molar-refractivity contribution is 5.99. The van der Waals surface area contributed by atoms with Crippen LogP contribution in [0.5, 0.6) is 0 Å². The molecular formula is C11H15N5O5. The minimum absolute atomic E-state index is 0.0116. The maximum atomic E-state index is 12.0.